The third-order valence-corrected chi connectivity index (χ3v) is 3.62. The lowest BCUT2D eigenvalue weighted by Crippen LogP contribution is -2.48. The van der Waals surface area contributed by atoms with Gasteiger partial charge in [0.1, 0.15) is 12.1 Å². The lowest BCUT2D eigenvalue weighted by molar-refractivity contribution is -0.122. The van der Waals surface area contributed by atoms with Crippen LogP contribution in [-0.4, -0.2) is 11.9 Å². The number of amides is 1. The van der Waals surface area contributed by atoms with Crippen LogP contribution in [0.3, 0.4) is 0 Å². The number of rotatable bonds is 5. The van der Waals surface area contributed by atoms with Crippen molar-refractivity contribution in [2.75, 3.05) is 0 Å². The molecule has 0 aliphatic rings. The maximum absolute atomic E-state index is 12.0. The van der Waals surface area contributed by atoms with E-state index in [-0.39, 0.29) is 12.4 Å². The zero-order valence-corrected chi connectivity index (χ0v) is 12.7. The van der Waals surface area contributed by atoms with Crippen LogP contribution >= 0.6 is 0 Å². The van der Waals surface area contributed by atoms with Crippen molar-refractivity contribution in [3.05, 3.63) is 71.8 Å². The first kappa shape index (κ1) is 15.8. The van der Waals surface area contributed by atoms with Crippen molar-refractivity contribution >= 4 is 11.9 Å². The number of ether oxygens (including phenoxy) is 1. The lowest BCUT2D eigenvalue weighted by atomic mass is 9.88. The smallest absolute Gasteiger partial charge is 0.408 e. The van der Waals surface area contributed by atoms with Crippen LogP contribution in [0.5, 0.6) is 0 Å². The van der Waals surface area contributed by atoms with Crippen LogP contribution in [0, 0.1) is 0 Å². The van der Waals surface area contributed by atoms with E-state index in [1.54, 1.807) is 19.1 Å². The first-order chi connectivity index (χ1) is 10.5. The Kier molecular flexibility index (Phi) is 4.94. The Labute approximate surface area is 130 Å². The molecule has 2 aromatic carbocycles. The van der Waals surface area contributed by atoms with Crippen molar-refractivity contribution in [2.45, 2.75) is 26.0 Å². The summed E-state index contributed by atoms with van der Waals surface area (Å²) in [6.45, 7) is 3.29. The van der Waals surface area contributed by atoms with Gasteiger partial charge in [-0.25, -0.2) is 4.79 Å². The molecule has 22 heavy (non-hydrogen) atoms. The van der Waals surface area contributed by atoms with E-state index >= 15 is 0 Å². The molecule has 0 radical (unpaired) electrons. The first-order valence-corrected chi connectivity index (χ1v) is 7.08. The van der Waals surface area contributed by atoms with E-state index in [1.807, 2.05) is 48.5 Å². The molecule has 114 valence electrons. The Bertz CT molecular complexity index is 640. The summed E-state index contributed by atoms with van der Waals surface area (Å²) in [4.78, 5) is 24.0. The standard InChI is InChI=1S/C18H19NO3/c1-14(20)18(2,16-11-7-4-8-12-16)19-17(21)22-13-15-9-5-3-6-10-15/h3-12H,13H2,1-2H3,(H,19,21). The number of carbonyl (C=O) groups is 2. The summed E-state index contributed by atoms with van der Waals surface area (Å²) >= 11 is 0. The summed E-state index contributed by atoms with van der Waals surface area (Å²) in [5, 5.41) is 2.67. The molecule has 0 saturated heterocycles. The number of hydrogen-bond donors (Lipinski definition) is 1. The summed E-state index contributed by atoms with van der Waals surface area (Å²) in [7, 11) is 0. The minimum Gasteiger partial charge on any atom is -0.445 e. The number of hydrogen-bond acceptors (Lipinski definition) is 3. The van der Waals surface area contributed by atoms with E-state index in [9.17, 15) is 9.59 Å². The molecule has 1 atom stereocenters. The average Bonchev–Trinajstić information content (AvgIpc) is 2.54. The molecule has 1 unspecified atom stereocenters. The Balaban J connectivity index is 2.05. The predicted octanol–water partition coefficient (Wildman–Crippen LogP) is 3.42. The van der Waals surface area contributed by atoms with E-state index in [2.05, 4.69) is 5.32 Å². The molecular weight excluding hydrogens is 278 g/mol. The molecule has 1 amide bonds. The van der Waals surface area contributed by atoms with Crippen molar-refractivity contribution in [1.82, 2.24) is 5.32 Å². The van der Waals surface area contributed by atoms with Crippen molar-refractivity contribution < 1.29 is 14.3 Å². The topological polar surface area (TPSA) is 55.4 Å². The van der Waals surface area contributed by atoms with Gasteiger partial charge in [-0.15, -0.1) is 0 Å². The van der Waals surface area contributed by atoms with Gasteiger partial charge in [-0.3, -0.25) is 4.79 Å². The SMILES string of the molecule is CC(=O)C(C)(NC(=O)OCc1ccccc1)c1ccccc1. The van der Waals surface area contributed by atoms with E-state index in [1.165, 1.54) is 6.92 Å². The molecule has 2 rings (SSSR count). The molecular formula is C18H19NO3. The predicted molar refractivity (Wildman–Crippen MR) is 84.2 cm³/mol. The molecule has 0 saturated carbocycles. The Hall–Kier alpha value is -2.62. The third kappa shape index (κ3) is 3.73. The first-order valence-electron chi connectivity index (χ1n) is 7.08. The fourth-order valence-electron chi connectivity index (χ4n) is 2.10. The second-order valence-electron chi connectivity index (χ2n) is 5.23. The molecule has 1 N–H and O–H groups in total. The fraction of sp³-hybridized carbons (Fsp3) is 0.222. The van der Waals surface area contributed by atoms with Gasteiger partial charge < -0.3 is 10.1 Å². The highest BCUT2D eigenvalue weighted by Crippen LogP contribution is 2.22. The molecule has 0 bridgehead atoms. The molecule has 0 heterocycles. The highest BCUT2D eigenvalue weighted by molar-refractivity contribution is 5.90. The molecule has 4 heteroatoms. The molecule has 0 aromatic heterocycles. The monoisotopic (exact) mass is 297 g/mol. The number of ketones is 1. The molecule has 0 spiro atoms. The van der Waals surface area contributed by atoms with Gasteiger partial charge >= 0.3 is 6.09 Å². The van der Waals surface area contributed by atoms with E-state index in [4.69, 9.17) is 4.74 Å². The van der Waals surface area contributed by atoms with Crippen LogP contribution < -0.4 is 5.32 Å². The van der Waals surface area contributed by atoms with Crippen LogP contribution in [-0.2, 0) is 21.7 Å². The van der Waals surface area contributed by atoms with Gasteiger partial charge in [0.15, 0.2) is 5.78 Å². The minimum atomic E-state index is -1.10. The van der Waals surface area contributed by atoms with Gasteiger partial charge in [0.25, 0.3) is 0 Å². The van der Waals surface area contributed by atoms with Crippen molar-refractivity contribution in [3.8, 4) is 0 Å². The van der Waals surface area contributed by atoms with Gasteiger partial charge in [-0.05, 0) is 25.0 Å². The third-order valence-electron chi connectivity index (χ3n) is 3.62. The quantitative estimate of drug-likeness (QED) is 0.920. The summed E-state index contributed by atoms with van der Waals surface area (Å²) in [5.41, 5.74) is 0.510. The summed E-state index contributed by atoms with van der Waals surface area (Å²) < 4.78 is 5.19. The number of carbonyl (C=O) groups excluding carboxylic acids is 2. The molecule has 0 fully saturated rings. The zero-order valence-electron chi connectivity index (χ0n) is 12.7. The molecule has 2 aromatic rings. The number of nitrogens with one attached hydrogen (secondary N) is 1. The van der Waals surface area contributed by atoms with Crippen LogP contribution in [0.25, 0.3) is 0 Å². The fourth-order valence-corrected chi connectivity index (χ4v) is 2.10. The van der Waals surface area contributed by atoms with Gasteiger partial charge in [-0.1, -0.05) is 60.7 Å². The van der Waals surface area contributed by atoms with Gasteiger partial charge in [0.05, 0.1) is 0 Å². The molecule has 0 aliphatic heterocycles. The van der Waals surface area contributed by atoms with E-state index in [0.717, 1.165) is 11.1 Å². The Morgan fingerprint density at radius 1 is 1.00 bits per heavy atom. The van der Waals surface area contributed by atoms with Crippen LogP contribution in [0.4, 0.5) is 4.79 Å². The van der Waals surface area contributed by atoms with Crippen molar-refractivity contribution in [2.24, 2.45) is 0 Å². The van der Waals surface area contributed by atoms with Gasteiger partial charge in [-0.2, -0.15) is 0 Å². The number of Topliss-reactive ketones (excluding diaryl/α,β-unsaturated/α-hetero) is 1. The summed E-state index contributed by atoms with van der Waals surface area (Å²) in [6.07, 6.45) is -0.620. The largest absolute Gasteiger partial charge is 0.445 e. The second-order valence-corrected chi connectivity index (χ2v) is 5.23. The average molecular weight is 297 g/mol. The van der Waals surface area contributed by atoms with E-state index < -0.39 is 11.6 Å². The van der Waals surface area contributed by atoms with Crippen LogP contribution in [0.1, 0.15) is 25.0 Å². The Morgan fingerprint density at radius 3 is 2.09 bits per heavy atom. The van der Waals surface area contributed by atoms with Gasteiger partial charge in [0, 0.05) is 0 Å². The van der Waals surface area contributed by atoms with Gasteiger partial charge in [0.2, 0.25) is 0 Å². The highest BCUT2D eigenvalue weighted by atomic mass is 16.5. The maximum Gasteiger partial charge on any atom is 0.408 e. The van der Waals surface area contributed by atoms with Crippen molar-refractivity contribution in [3.63, 3.8) is 0 Å². The Morgan fingerprint density at radius 2 is 1.55 bits per heavy atom. The normalized spacial score (nSPS) is 13.0. The summed E-state index contributed by atoms with van der Waals surface area (Å²) in [6, 6.07) is 18.5. The van der Waals surface area contributed by atoms with Crippen LogP contribution in [0.2, 0.25) is 0 Å². The minimum absolute atomic E-state index is 0.157. The van der Waals surface area contributed by atoms with Crippen molar-refractivity contribution in [1.29, 1.82) is 0 Å². The number of benzene rings is 2. The lowest BCUT2D eigenvalue weighted by Gasteiger charge is -2.28. The maximum atomic E-state index is 12.0. The van der Waals surface area contributed by atoms with Crippen LogP contribution in [0.15, 0.2) is 60.7 Å². The molecule has 4 nitrogen and oxygen atoms in total. The molecule has 0 aliphatic carbocycles. The highest BCUT2D eigenvalue weighted by Gasteiger charge is 2.34. The van der Waals surface area contributed by atoms with E-state index in [0.29, 0.717) is 0 Å². The summed E-state index contributed by atoms with van der Waals surface area (Å²) in [5.74, 6) is -0.157. The zero-order chi connectivity index (χ0) is 16.0. The second kappa shape index (κ2) is 6.89. The number of alkyl carbamates (subject to hydrolysis) is 1.